The van der Waals surface area contributed by atoms with Crippen LogP contribution in [0.1, 0.15) is 0 Å². The second-order valence-corrected chi connectivity index (χ2v) is 6.81. The topological polar surface area (TPSA) is 95.9 Å². The van der Waals surface area contributed by atoms with Crippen LogP contribution in [0.3, 0.4) is 0 Å². The summed E-state index contributed by atoms with van der Waals surface area (Å²) in [6, 6.07) is 6.07. The average Bonchev–Trinajstić information content (AvgIpc) is 2.97. The van der Waals surface area contributed by atoms with E-state index in [0.717, 1.165) is 0 Å². The third kappa shape index (κ3) is 2.45. The molecule has 0 unspecified atom stereocenters. The number of carboxylic acids is 1. The van der Waals surface area contributed by atoms with Gasteiger partial charge in [0.1, 0.15) is 23.9 Å². The number of ether oxygens (including phenoxy) is 1. The van der Waals surface area contributed by atoms with E-state index in [1.54, 1.807) is 12.1 Å². The lowest BCUT2D eigenvalue weighted by molar-refractivity contribution is -0.146. The molecule has 1 aromatic carbocycles. The van der Waals surface area contributed by atoms with Gasteiger partial charge < -0.3 is 20.3 Å². The quantitative estimate of drug-likeness (QED) is 0.681. The van der Waals surface area contributed by atoms with Gasteiger partial charge in [-0.2, -0.15) is 0 Å². The highest BCUT2D eigenvalue weighted by Gasteiger charge is 2.58. The molecule has 0 radical (unpaired) electrons. The summed E-state index contributed by atoms with van der Waals surface area (Å²) in [4.78, 5) is 24.0. The maximum absolute atomic E-state index is 12.5. The van der Waals surface area contributed by atoms with Crippen molar-refractivity contribution < 1.29 is 24.5 Å². The van der Waals surface area contributed by atoms with Crippen LogP contribution >= 0.6 is 31.9 Å². The zero-order chi connectivity index (χ0) is 16.0. The lowest BCUT2D eigenvalue weighted by atomic mass is 9.82. The first kappa shape index (κ1) is 15.5. The van der Waals surface area contributed by atoms with E-state index in [2.05, 4.69) is 37.2 Å². The number of carbonyl (C=O) groups excluding carboxylic acids is 1. The molecule has 0 spiro atoms. The molecule has 0 aromatic heterocycles. The molecule has 1 fully saturated rings. The molecule has 2 aliphatic heterocycles. The molecule has 6 nitrogen and oxygen atoms in total. The fourth-order valence-corrected chi connectivity index (χ4v) is 4.04. The summed E-state index contributed by atoms with van der Waals surface area (Å²) in [5.41, 5.74) is 0.399. The summed E-state index contributed by atoms with van der Waals surface area (Å²) in [6.07, 6.45) is -1.30. The van der Waals surface area contributed by atoms with Crippen molar-refractivity contribution in [2.24, 2.45) is 11.8 Å². The molecular weight excluding hydrogens is 422 g/mol. The van der Waals surface area contributed by atoms with Crippen molar-refractivity contribution in [3.63, 3.8) is 0 Å². The summed E-state index contributed by atoms with van der Waals surface area (Å²) in [5, 5.41) is 21.5. The predicted molar refractivity (Wildman–Crippen MR) is 84.9 cm³/mol. The number of nitrogens with one attached hydrogen (secondary N) is 1. The minimum absolute atomic E-state index is 0.0144. The number of halogens is 2. The standard InChI is InChI=1S/C14H11Br2NO5/c15-9-10(16)12-8(14(20)21)7(11(9)22-12)13(19)17-5-2-1-3-6(18)4-5/h1-4,7-8,11-12,18H,(H,17,19)(H,20,21)/t7-,8-,11+,12+/m0/s1. The molecule has 0 aliphatic carbocycles. The molecule has 1 amide bonds. The first-order valence-electron chi connectivity index (χ1n) is 6.43. The number of anilines is 1. The number of phenolic OH excluding ortho intramolecular Hbond substituents is 1. The number of carboxylic acid groups (broad SMARTS) is 1. The molecular formula is C14H11Br2NO5. The summed E-state index contributed by atoms with van der Waals surface area (Å²) in [5.74, 6) is -3.33. The van der Waals surface area contributed by atoms with Gasteiger partial charge in [0.05, 0.1) is 5.92 Å². The minimum atomic E-state index is -1.08. The van der Waals surface area contributed by atoms with E-state index in [1.807, 2.05) is 0 Å². The van der Waals surface area contributed by atoms with Gasteiger partial charge in [0, 0.05) is 20.7 Å². The van der Waals surface area contributed by atoms with Crippen molar-refractivity contribution in [2.75, 3.05) is 5.32 Å². The Labute approximate surface area is 142 Å². The molecule has 3 N–H and O–H groups in total. The van der Waals surface area contributed by atoms with E-state index in [-0.39, 0.29) is 5.75 Å². The van der Waals surface area contributed by atoms with Crippen molar-refractivity contribution in [2.45, 2.75) is 12.2 Å². The first-order chi connectivity index (χ1) is 10.4. The number of carbonyl (C=O) groups is 2. The highest BCUT2D eigenvalue weighted by Crippen LogP contribution is 2.51. The van der Waals surface area contributed by atoms with Gasteiger partial charge in [-0.1, -0.05) is 37.9 Å². The zero-order valence-electron chi connectivity index (χ0n) is 11.0. The summed E-state index contributed by atoms with van der Waals surface area (Å²) in [7, 11) is 0. The Morgan fingerprint density at radius 1 is 1.14 bits per heavy atom. The number of hydrogen-bond donors (Lipinski definition) is 3. The number of fused-ring (bicyclic) bond motifs is 2. The fraction of sp³-hybridized carbons (Fsp3) is 0.286. The second-order valence-electron chi connectivity index (χ2n) is 5.10. The largest absolute Gasteiger partial charge is 0.508 e. The molecule has 3 rings (SSSR count). The number of hydrogen-bond acceptors (Lipinski definition) is 4. The molecule has 4 atom stereocenters. The molecule has 1 aromatic rings. The Morgan fingerprint density at radius 2 is 1.77 bits per heavy atom. The van der Waals surface area contributed by atoms with Crippen LogP contribution in [0.5, 0.6) is 5.75 Å². The Bertz CT molecular complexity index is 690. The minimum Gasteiger partial charge on any atom is -0.508 e. The van der Waals surface area contributed by atoms with Gasteiger partial charge in [0.2, 0.25) is 5.91 Å². The fourth-order valence-electron chi connectivity index (χ4n) is 2.80. The van der Waals surface area contributed by atoms with Crippen LogP contribution in [0, 0.1) is 11.8 Å². The molecule has 0 saturated carbocycles. The van der Waals surface area contributed by atoms with E-state index < -0.39 is 35.9 Å². The van der Waals surface area contributed by atoms with Crippen molar-refractivity contribution in [3.05, 3.63) is 33.2 Å². The SMILES string of the molecule is O=C(O)[C@H]1[C@H](C(=O)Nc2cccc(O)c2)[C@H]2O[C@H]1C(Br)=C2Br. The van der Waals surface area contributed by atoms with Crippen LogP contribution in [0.2, 0.25) is 0 Å². The van der Waals surface area contributed by atoms with Gasteiger partial charge in [0.15, 0.2) is 0 Å². The third-order valence-corrected chi connectivity index (χ3v) is 6.05. The smallest absolute Gasteiger partial charge is 0.310 e. The Hall–Kier alpha value is -1.38. The molecule has 22 heavy (non-hydrogen) atoms. The van der Waals surface area contributed by atoms with E-state index in [1.165, 1.54) is 12.1 Å². The first-order valence-corrected chi connectivity index (χ1v) is 8.02. The van der Waals surface area contributed by atoms with Crippen molar-refractivity contribution >= 4 is 49.4 Å². The van der Waals surface area contributed by atoms with Crippen LogP contribution < -0.4 is 5.32 Å². The Balaban J connectivity index is 1.87. The lowest BCUT2D eigenvalue weighted by Crippen LogP contribution is -2.40. The molecule has 116 valence electrons. The van der Waals surface area contributed by atoms with Crippen LogP contribution in [-0.4, -0.2) is 34.3 Å². The number of aliphatic carboxylic acids is 1. The molecule has 2 aliphatic rings. The van der Waals surface area contributed by atoms with Gasteiger partial charge in [-0.3, -0.25) is 9.59 Å². The Kier molecular flexibility index (Phi) is 4.00. The van der Waals surface area contributed by atoms with E-state index >= 15 is 0 Å². The van der Waals surface area contributed by atoms with E-state index in [0.29, 0.717) is 14.7 Å². The van der Waals surface area contributed by atoms with Crippen LogP contribution in [-0.2, 0) is 14.3 Å². The summed E-state index contributed by atoms with van der Waals surface area (Å²) in [6.45, 7) is 0. The number of benzene rings is 1. The average molecular weight is 433 g/mol. The number of rotatable bonds is 3. The maximum atomic E-state index is 12.5. The highest BCUT2D eigenvalue weighted by atomic mass is 79.9. The van der Waals surface area contributed by atoms with Gasteiger partial charge in [0.25, 0.3) is 0 Å². The predicted octanol–water partition coefficient (Wildman–Crippen LogP) is 2.43. The van der Waals surface area contributed by atoms with Crippen LogP contribution in [0.4, 0.5) is 5.69 Å². The van der Waals surface area contributed by atoms with Crippen molar-refractivity contribution in [1.82, 2.24) is 0 Å². The number of amides is 1. The number of aromatic hydroxyl groups is 1. The highest BCUT2D eigenvalue weighted by molar-refractivity contribution is 9.14. The third-order valence-electron chi connectivity index (χ3n) is 3.76. The summed E-state index contributed by atoms with van der Waals surface area (Å²) < 4.78 is 6.90. The van der Waals surface area contributed by atoms with E-state index in [4.69, 9.17) is 4.74 Å². The molecule has 2 bridgehead atoms. The normalized spacial score (nSPS) is 29.7. The van der Waals surface area contributed by atoms with Gasteiger partial charge >= 0.3 is 5.97 Å². The van der Waals surface area contributed by atoms with Crippen LogP contribution in [0.15, 0.2) is 33.2 Å². The van der Waals surface area contributed by atoms with Gasteiger partial charge in [-0.25, -0.2) is 0 Å². The summed E-state index contributed by atoms with van der Waals surface area (Å²) >= 11 is 6.64. The molecule has 2 heterocycles. The monoisotopic (exact) mass is 431 g/mol. The van der Waals surface area contributed by atoms with Crippen molar-refractivity contribution in [3.8, 4) is 5.75 Å². The van der Waals surface area contributed by atoms with Gasteiger partial charge in [-0.05, 0) is 12.1 Å². The zero-order valence-corrected chi connectivity index (χ0v) is 14.2. The van der Waals surface area contributed by atoms with E-state index in [9.17, 15) is 19.8 Å². The molecule has 8 heteroatoms. The maximum Gasteiger partial charge on any atom is 0.310 e. The molecule has 1 saturated heterocycles. The second kappa shape index (κ2) is 5.68. The van der Waals surface area contributed by atoms with Crippen molar-refractivity contribution in [1.29, 1.82) is 0 Å². The number of phenols is 1. The Morgan fingerprint density at radius 3 is 2.36 bits per heavy atom. The lowest BCUT2D eigenvalue weighted by Gasteiger charge is -2.24. The van der Waals surface area contributed by atoms with Gasteiger partial charge in [-0.15, -0.1) is 0 Å². The van der Waals surface area contributed by atoms with Crippen LogP contribution in [0.25, 0.3) is 0 Å².